The van der Waals surface area contributed by atoms with Crippen molar-refractivity contribution in [1.82, 2.24) is 0 Å². The molecule has 0 fully saturated rings. The van der Waals surface area contributed by atoms with E-state index in [9.17, 15) is 0 Å². The standard InChI is InChI=1S/C57H58Cl2/c1-31(2)56(32(3)4)47-20-14-12-17-38(47)42-27-45-40(28-50(42)56)39-18-15-21-52(59)54(39)53(45)35(9)24-25-55(10)46-19-13-11-16-37(46)43-30-51-44(29-49(43)55)41-26-36(58)22-23-48(41)57(51,33(5)6)34(7)8/h11-23,26-35,53H,24-25H2,1-10H3. The van der Waals surface area contributed by atoms with Crippen LogP contribution in [0.25, 0.3) is 44.5 Å². The largest absolute Gasteiger partial charge is 0.0843 e. The molecule has 0 nitrogen and oxygen atoms in total. The first-order valence-electron chi connectivity index (χ1n) is 22.3. The van der Waals surface area contributed by atoms with E-state index in [2.05, 4.69) is 178 Å². The zero-order chi connectivity index (χ0) is 41.5. The predicted octanol–water partition coefficient (Wildman–Crippen LogP) is 16.7. The van der Waals surface area contributed by atoms with Gasteiger partial charge in [-0.25, -0.2) is 0 Å². The normalized spacial score (nSPS) is 20.0. The summed E-state index contributed by atoms with van der Waals surface area (Å²) in [4.78, 5) is 0. The van der Waals surface area contributed by atoms with Crippen molar-refractivity contribution in [2.45, 2.75) is 104 Å². The van der Waals surface area contributed by atoms with Crippen LogP contribution >= 0.6 is 23.2 Å². The average molecular weight is 814 g/mol. The van der Waals surface area contributed by atoms with Crippen molar-refractivity contribution in [3.05, 3.63) is 164 Å². The minimum absolute atomic E-state index is 0.0444. The predicted molar refractivity (Wildman–Crippen MR) is 252 cm³/mol. The van der Waals surface area contributed by atoms with Crippen molar-refractivity contribution >= 4 is 23.2 Å². The molecular weight excluding hydrogens is 756 g/mol. The van der Waals surface area contributed by atoms with Crippen molar-refractivity contribution < 1.29 is 0 Å². The lowest BCUT2D eigenvalue weighted by molar-refractivity contribution is 0.280. The highest BCUT2D eigenvalue weighted by molar-refractivity contribution is 6.32. The van der Waals surface area contributed by atoms with Crippen molar-refractivity contribution in [2.24, 2.45) is 29.6 Å². The Labute approximate surface area is 363 Å². The molecule has 0 aliphatic heterocycles. The zero-order valence-electron chi connectivity index (χ0n) is 36.5. The van der Waals surface area contributed by atoms with Gasteiger partial charge < -0.3 is 0 Å². The molecule has 3 atom stereocenters. The molecule has 3 unspecified atom stereocenters. The van der Waals surface area contributed by atoms with E-state index in [4.69, 9.17) is 23.2 Å². The lowest BCUT2D eigenvalue weighted by atomic mass is 9.62. The van der Waals surface area contributed by atoms with Gasteiger partial charge in [0.15, 0.2) is 0 Å². The number of hydrogen-bond acceptors (Lipinski definition) is 0. The lowest BCUT2D eigenvalue weighted by Gasteiger charge is -2.40. The van der Waals surface area contributed by atoms with Crippen molar-refractivity contribution in [2.75, 3.05) is 0 Å². The van der Waals surface area contributed by atoms with Gasteiger partial charge in [-0.1, -0.05) is 159 Å². The molecule has 4 aliphatic rings. The third kappa shape index (κ3) is 4.97. The minimum Gasteiger partial charge on any atom is -0.0843 e. The molecule has 10 rings (SSSR count). The van der Waals surface area contributed by atoms with Crippen LogP contribution in [-0.2, 0) is 16.2 Å². The topological polar surface area (TPSA) is 0 Å². The molecule has 6 aromatic carbocycles. The summed E-state index contributed by atoms with van der Waals surface area (Å²) in [7, 11) is 0. The second-order valence-electron chi connectivity index (χ2n) is 20.1. The first-order chi connectivity index (χ1) is 28.2. The van der Waals surface area contributed by atoms with E-state index < -0.39 is 0 Å². The van der Waals surface area contributed by atoms with Gasteiger partial charge >= 0.3 is 0 Å². The van der Waals surface area contributed by atoms with E-state index >= 15 is 0 Å². The summed E-state index contributed by atoms with van der Waals surface area (Å²) in [5, 5.41) is 1.70. The molecule has 0 saturated carbocycles. The molecule has 0 N–H and O–H groups in total. The molecule has 0 bridgehead atoms. The molecule has 300 valence electrons. The number of halogens is 2. The quantitative estimate of drug-likeness (QED) is 0.144. The minimum atomic E-state index is -0.148. The Morgan fingerprint density at radius 3 is 1.59 bits per heavy atom. The van der Waals surface area contributed by atoms with Crippen LogP contribution in [0.1, 0.15) is 133 Å². The van der Waals surface area contributed by atoms with Crippen LogP contribution < -0.4 is 0 Å². The molecule has 0 radical (unpaired) electrons. The highest BCUT2D eigenvalue weighted by Gasteiger charge is 2.52. The Morgan fingerprint density at radius 1 is 0.458 bits per heavy atom. The molecule has 4 aliphatic carbocycles. The van der Waals surface area contributed by atoms with Crippen LogP contribution in [0.2, 0.25) is 10.0 Å². The molecule has 0 spiro atoms. The van der Waals surface area contributed by atoms with E-state index in [-0.39, 0.29) is 22.2 Å². The van der Waals surface area contributed by atoms with Crippen molar-refractivity contribution in [1.29, 1.82) is 0 Å². The number of rotatable bonds is 8. The second kappa shape index (κ2) is 13.4. The molecule has 2 heteroatoms. The Hall–Kier alpha value is -4.10. The van der Waals surface area contributed by atoms with Crippen LogP contribution in [0.15, 0.2) is 109 Å². The highest BCUT2D eigenvalue weighted by Crippen LogP contribution is 2.63. The van der Waals surface area contributed by atoms with Gasteiger partial charge in [0, 0.05) is 32.2 Å². The van der Waals surface area contributed by atoms with E-state index in [1.165, 1.54) is 89.0 Å². The fourth-order valence-electron chi connectivity index (χ4n) is 13.9. The number of benzene rings is 6. The molecule has 0 amide bonds. The summed E-state index contributed by atoms with van der Waals surface area (Å²) < 4.78 is 0. The maximum Gasteiger partial charge on any atom is 0.0450 e. The fraction of sp³-hybridized carbons (Fsp3) is 0.368. The van der Waals surface area contributed by atoms with Gasteiger partial charge in [-0.2, -0.15) is 0 Å². The van der Waals surface area contributed by atoms with Gasteiger partial charge in [-0.3, -0.25) is 0 Å². The molecule has 59 heavy (non-hydrogen) atoms. The Bertz CT molecular complexity index is 2690. The van der Waals surface area contributed by atoms with Crippen LogP contribution in [-0.4, -0.2) is 0 Å². The maximum atomic E-state index is 7.32. The summed E-state index contributed by atoms with van der Waals surface area (Å²) >= 11 is 14.1. The van der Waals surface area contributed by atoms with Gasteiger partial charge in [-0.05, 0) is 174 Å². The van der Waals surface area contributed by atoms with Gasteiger partial charge in [0.05, 0.1) is 0 Å². The van der Waals surface area contributed by atoms with Crippen LogP contribution in [0.3, 0.4) is 0 Å². The number of fused-ring (bicyclic) bond motifs is 12. The third-order valence-corrected chi connectivity index (χ3v) is 16.9. The first kappa shape index (κ1) is 39.1. The van der Waals surface area contributed by atoms with Gasteiger partial charge in [0.2, 0.25) is 0 Å². The van der Waals surface area contributed by atoms with Crippen LogP contribution in [0, 0.1) is 29.6 Å². The molecule has 6 aromatic rings. The molecule has 0 aromatic heterocycles. The summed E-state index contributed by atoms with van der Waals surface area (Å²) in [6.45, 7) is 24.3. The Morgan fingerprint density at radius 2 is 0.949 bits per heavy atom. The summed E-state index contributed by atoms with van der Waals surface area (Å²) in [6.07, 6.45) is 2.11. The van der Waals surface area contributed by atoms with Gasteiger partial charge in [-0.15, -0.1) is 0 Å². The number of hydrogen-bond donors (Lipinski definition) is 0. The van der Waals surface area contributed by atoms with E-state index in [0.717, 1.165) is 22.9 Å². The zero-order valence-corrected chi connectivity index (χ0v) is 38.0. The van der Waals surface area contributed by atoms with Crippen molar-refractivity contribution in [3.63, 3.8) is 0 Å². The average Bonchev–Trinajstić information content (AvgIpc) is 3.87. The first-order valence-corrected chi connectivity index (χ1v) is 23.1. The molecule has 0 saturated heterocycles. The monoisotopic (exact) mass is 812 g/mol. The van der Waals surface area contributed by atoms with Crippen LogP contribution in [0.5, 0.6) is 0 Å². The molecular formula is C57H58Cl2. The molecule has 0 heterocycles. The Balaban J connectivity index is 1.09. The van der Waals surface area contributed by atoms with Crippen molar-refractivity contribution in [3.8, 4) is 44.5 Å². The smallest absolute Gasteiger partial charge is 0.0450 e. The van der Waals surface area contributed by atoms with Crippen LogP contribution in [0.4, 0.5) is 0 Å². The Kier molecular flexibility index (Phi) is 8.90. The second-order valence-corrected chi connectivity index (χ2v) is 20.9. The third-order valence-electron chi connectivity index (χ3n) is 16.3. The van der Waals surface area contributed by atoms with Gasteiger partial charge in [0.25, 0.3) is 0 Å². The maximum absolute atomic E-state index is 7.32. The van der Waals surface area contributed by atoms with E-state index in [1.54, 1.807) is 0 Å². The van der Waals surface area contributed by atoms with Gasteiger partial charge in [0.1, 0.15) is 0 Å². The fourth-order valence-corrected chi connectivity index (χ4v) is 14.4. The summed E-state index contributed by atoms with van der Waals surface area (Å²) in [5.74, 6) is 2.34. The lowest BCUT2D eigenvalue weighted by Crippen LogP contribution is -2.37. The SMILES string of the molecule is CC(CCC1(C)c2ccccc2-c2cc3c(cc21)-c1cc(Cl)ccc1C3(C(C)C)C(C)C)C1c2cc3c(cc2-c2cccc(Cl)c21)C(C(C)C)(C(C)C)c1ccccc1-3. The van der Waals surface area contributed by atoms with E-state index in [0.29, 0.717) is 29.6 Å². The summed E-state index contributed by atoms with van der Waals surface area (Å²) in [6, 6.07) is 42.1. The summed E-state index contributed by atoms with van der Waals surface area (Å²) in [5.41, 5.74) is 22.3. The highest BCUT2D eigenvalue weighted by atomic mass is 35.5. The van der Waals surface area contributed by atoms with E-state index in [1.807, 2.05) is 0 Å².